The van der Waals surface area contributed by atoms with Gasteiger partial charge in [-0.1, -0.05) is 35.8 Å². The first-order valence-electron chi connectivity index (χ1n) is 6.57. The molecule has 0 aliphatic carbocycles. The first-order valence-corrected chi connectivity index (χ1v) is 7.36. The fourth-order valence-corrected chi connectivity index (χ4v) is 2.74. The van der Waals surface area contributed by atoms with Crippen LogP contribution in [0.2, 0.25) is 0 Å². The summed E-state index contributed by atoms with van der Waals surface area (Å²) < 4.78 is 0.976. The van der Waals surface area contributed by atoms with Crippen LogP contribution < -0.4 is 4.90 Å². The number of benzene rings is 1. The van der Waals surface area contributed by atoms with Crippen molar-refractivity contribution in [3.63, 3.8) is 0 Å². The summed E-state index contributed by atoms with van der Waals surface area (Å²) in [5.41, 5.74) is 2.14. The summed E-state index contributed by atoms with van der Waals surface area (Å²) in [4.78, 5) is 2.39. The van der Waals surface area contributed by atoms with Crippen molar-refractivity contribution in [3.8, 4) is 0 Å². The molecule has 0 aromatic heterocycles. The molecule has 0 heterocycles. The Kier molecular flexibility index (Phi) is 5.67. The van der Waals surface area contributed by atoms with E-state index in [0.29, 0.717) is 12.0 Å². The maximum Gasteiger partial charge on any atom is 0.0772 e. The largest absolute Gasteiger partial charge is 0.389 e. The molecule has 0 fully saturated rings. The van der Waals surface area contributed by atoms with Crippen LogP contribution in [0.4, 0.5) is 5.69 Å². The minimum absolute atomic E-state index is 0.439. The van der Waals surface area contributed by atoms with Crippen LogP contribution in [-0.4, -0.2) is 17.7 Å². The molecule has 1 aromatic rings. The highest BCUT2D eigenvalue weighted by Crippen LogP contribution is 2.29. The summed E-state index contributed by atoms with van der Waals surface area (Å²) in [5, 5.41) is 9.65. The van der Waals surface area contributed by atoms with Gasteiger partial charge in [0.15, 0.2) is 0 Å². The van der Waals surface area contributed by atoms with Gasteiger partial charge in [0.2, 0.25) is 0 Å². The fourth-order valence-electron chi connectivity index (χ4n) is 2.04. The molecular formula is C15H24BrNO. The Bertz CT molecular complexity index is 388. The molecule has 18 heavy (non-hydrogen) atoms. The molecule has 0 bridgehead atoms. The summed E-state index contributed by atoms with van der Waals surface area (Å²) in [7, 11) is 0. The molecule has 0 aliphatic rings. The number of rotatable bonds is 5. The predicted octanol–water partition coefficient (Wildman–Crippen LogP) is 4.37. The third-order valence-electron chi connectivity index (χ3n) is 2.95. The van der Waals surface area contributed by atoms with Crippen molar-refractivity contribution in [2.45, 2.75) is 46.8 Å². The van der Waals surface area contributed by atoms with Crippen molar-refractivity contribution >= 4 is 21.6 Å². The lowest BCUT2D eigenvalue weighted by molar-refractivity contribution is 0.198. The zero-order chi connectivity index (χ0) is 13.9. The van der Waals surface area contributed by atoms with Gasteiger partial charge in [-0.3, -0.25) is 0 Å². The Morgan fingerprint density at radius 1 is 1.17 bits per heavy atom. The zero-order valence-corrected chi connectivity index (χ0v) is 13.5. The Labute approximate surface area is 119 Å². The van der Waals surface area contributed by atoms with Gasteiger partial charge < -0.3 is 10.0 Å². The lowest BCUT2D eigenvalue weighted by atomic mass is 10.1. The lowest BCUT2D eigenvalue weighted by Gasteiger charge is -2.31. The van der Waals surface area contributed by atoms with Crippen molar-refractivity contribution < 1.29 is 5.11 Å². The lowest BCUT2D eigenvalue weighted by Crippen LogP contribution is -2.34. The normalized spacial score (nSPS) is 13.2. The number of nitrogens with zero attached hydrogens (tertiary/aromatic N) is 1. The van der Waals surface area contributed by atoms with Gasteiger partial charge in [-0.2, -0.15) is 0 Å². The smallest absolute Gasteiger partial charge is 0.0772 e. The van der Waals surface area contributed by atoms with Crippen LogP contribution >= 0.6 is 15.9 Å². The molecule has 2 nitrogen and oxygen atoms in total. The van der Waals surface area contributed by atoms with Crippen molar-refractivity contribution in [3.05, 3.63) is 28.2 Å². The summed E-state index contributed by atoms with van der Waals surface area (Å²) in [6.07, 6.45) is -0.439. The molecule has 3 heteroatoms. The van der Waals surface area contributed by atoms with E-state index in [-0.39, 0.29) is 0 Å². The molecule has 1 atom stereocenters. The molecule has 1 aromatic carbocycles. The van der Waals surface area contributed by atoms with E-state index in [0.717, 1.165) is 16.6 Å². The van der Waals surface area contributed by atoms with Crippen molar-refractivity contribution in [2.24, 2.45) is 5.92 Å². The molecule has 1 rings (SSSR count). The van der Waals surface area contributed by atoms with E-state index in [9.17, 15) is 5.11 Å². The zero-order valence-electron chi connectivity index (χ0n) is 11.9. The van der Waals surface area contributed by atoms with E-state index < -0.39 is 6.10 Å². The second kappa shape index (κ2) is 6.58. The molecule has 0 saturated carbocycles. The second-order valence-corrected chi connectivity index (χ2v) is 6.38. The average molecular weight is 314 g/mol. The molecule has 0 radical (unpaired) electrons. The fraction of sp³-hybridized carbons (Fsp3) is 0.600. The number of hydrogen-bond donors (Lipinski definition) is 1. The second-order valence-electron chi connectivity index (χ2n) is 5.52. The van der Waals surface area contributed by atoms with Gasteiger partial charge in [-0.05, 0) is 44.4 Å². The number of hydrogen-bond acceptors (Lipinski definition) is 2. The van der Waals surface area contributed by atoms with Crippen LogP contribution in [0.3, 0.4) is 0 Å². The van der Waals surface area contributed by atoms with E-state index >= 15 is 0 Å². The molecule has 1 N–H and O–H groups in total. The minimum Gasteiger partial charge on any atom is -0.389 e. The van der Waals surface area contributed by atoms with Gasteiger partial charge in [0.1, 0.15) is 0 Å². The van der Waals surface area contributed by atoms with Crippen LogP contribution in [0.5, 0.6) is 0 Å². The highest BCUT2D eigenvalue weighted by molar-refractivity contribution is 9.10. The first kappa shape index (κ1) is 15.5. The summed E-state index contributed by atoms with van der Waals surface area (Å²) >= 11 is 3.54. The van der Waals surface area contributed by atoms with Gasteiger partial charge in [-0.15, -0.1) is 0 Å². The van der Waals surface area contributed by atoms with Crippen molar-refractivity contribution in [1.82, 2.24) is 0 Å². The highest BCUT2D eigenvalue weighted by atomic mass is 79.9. The quantitative estimate of drug-likeness (QED) is 0.872. The van der Waals surface area contributed by atoms with Crippen LogP contribution in [0.1, 0.15) is 46.3 Å². The van der Waals surface area contributed by atoms with E-state index in [4.69, 9.17) is 0 Å². The first-order chi connectivity index (χ1) is 8.32. The molecule has 1 unspecified atom stereocenters. The van der Waals surface area contributed by atoms with Gasteiger partial charge in [0.25, 0.3) is 0 Å². The number of aliphatic hydroxyl groups excluding tert-OH is 1. The SMILES string of the molecule is CC(C)CN(c1ccc(C(C)O)c(Br)c1)C(C)C. The van der Waals surface area contributed by atoms with Gasteiger partial charge in [0, 0.05) is 22.7 Å². The monoisotopic (exact) mass is 313 g/mol. The molecule has 0 saturated heterocycles. The van der Waals surface area contributed by atoms with E-state index in [1.807, 2.05) is 6.07 Å². The summed E-state index contributed by atoms with van der Waals surface area (Å²) in [5.74, 6) is 0.627. The molecule has 0 spiro atoms. The maximum atomic E-state index is 9.65. The number of halogens is 1. The highest BCUT2D eigenvalue weighted by Gasteiger charge is 2.14. The van der Waals surface area contributed by atoms with Crippen LogP contribution in [0, 0.1) is 5.92 Å². The number of anilines is 1. The molecule has 0 aliphatic heterocycles. The third-order valence-corrected chi connectivity index (χ3v) is 3.64. The van der Waals surface area contributed by atoms with Gasteiger partial charge in [0.05, 0.1) is 6.10 Å². The molecule has 0 amide bonds. The standard InChI is InChI=1S/C15H24BrNO/c1-10(2)9-17(11(3)4)13-6-7-14(12(5)18)15(16)8-13/h6-8,10-12,18H,9H2,1-5H3. The minimum atomic E-state index is -0.439. The molecular weight excluding hydrogens is 290 g/mol. The van der Waals surface area contributed by atoms with Gasteiger partial charge >= 0.3 is 0 Å². The van der Waals surface area contributed by atoms with Crippen molar-refractivity contribution in [1.29, 1.82) is 0 Å². The van der Waals surface area contributed by atoms with E-state index in [1.165, 1.54) is 5.69 Å². The Balaban J connectivity index is 3.03. The van der Waals surface area contributed by atoms with Crippen LogP contribution in [-0.2, 0) is 0 Å². The topological polar surface area (TPSA) is 23.5 Å². The third kappa shape index (κ3) is 3.99. The Morgan fingerprint density at radius 3 is 2.17 bits per heavy atom. The Morgan fingerprint density at radius 2 is 1.78 bits per heavy atom. The Hall–Kier alpha value is -0.540. The van der Waals surface area contributed by atoms with Crippen LogP contribution in [0.25, 0.3) is 0 Å². The maximum absolute atomic E-state index is 9.65. The number of aliphatic hydroxyl groups is 1. The molecule has 102 valence electrons. The van der Waals surface area contributed by atoms with Gasteiger partial charge in [-0.25, -0.2) is 0 Å². The summed E-state index contributed by atoms with van der Waals surface area (Å²) in [6.45, 7) is 11.7. The summed E-state index contributed by atoms with van der Waals surface area (Å²) in [6, 6.07) is 6.66. The van der Waals surface area contributed by atoms with Crippen LogP contribution in [0.15, 0.2) is 22.7 Å². The van der Waals surface area contributed by atoms with E-state index in [1.54, 1.807) is 6.92 Å². The average Bonchev–Trinajstić information content (AvgIpc) is 2.24. The van der Waals surface area contributed by atoms with Crippen molar-refractivity contribution in [2.75, 3.05) is 11.4 Å². The van der Waals surface area contributed by atoms with E-state index in [2.05, 4.69) is 60.7 Å². The predicted molar refractivity (Wildman–Crippen MR) is 82.1 cm³/mol.